The molecule has 10 heteroatoms. The van der Waals surface area contributed by atoms with Crippen LogP contribution in [-0.4, -0.2) is 71.9 Å². The lowest BCUT2D eigenvalue weighted by Crippen LogP contribution is -2.51. The average molecular weight is 497 g/mol. The van der Waals surface area contributed by atoms with Gasteiger partial charge in [0.15, 0.2) is 23.1 Å². The molecule has 0 saturated carbocycles. The Balaban J connectivity index is 1.22. The van der Waals surface area contributed by atoms with E-state index in [9.17, 15) is 14.4 Å². The first-order chi connectivity index (χ1) is 16.8. The van der Waals surface area contributed by atoms with Gasteiger partial charge in [-0.2, -0.15) is 0 Å². The number of nitrogens with one attached hydrogen (secondary N) is 1. The first-order valence-electron chi connectivity index (χ1n) is 11.4. The third kappa shape index (κ3) is 5.95. The van der Waals surface area contributed by atoms with Crippen LogP contribution in [-0.2, 0) is 14.3 Å². The zero-order valence-corrected chi connectivity index (χ0v) is 20.8. The second-order valence-electron chi connectivity index (χ2n) is 8.45. The first kappa shape index (κ1) is 24.6. The number of amides is 2. The van der Waals surface area contributed by atoms with Crippen LogP contribution >= 0.6 is 11.3 Å². The molecule has 3 heterocycles. The number of piperazine rings is 1. The fourth-order valence-corrected chi connectivity index (χ4v) is 4.80. The van der Waals surface area contributed by atoms with Crippen LogP contribution in [0.1, 0.15) is 26.5 Å². The van der Waals surface area contributed by atoms with E-state index in [-0.39, 0.29) is 30.7 Å². The van der Waals surface area contributed by atoms with Crippen LogP contribution in [0, 0.1) is 20.8 Å². The van der Waals surface area contributed by atoms with Crippen LogP contribution in [0.2, 0.25) is 0 Å². The van der Waals surface area contributed by atoms with Crippen molar-refractivity contribution >= 4 is 34.8 Å². The van der Waals surface area contributed by atoms with Gasteiger partial charge in [-0.1, -0.05) is 18.2 Å². The molecule has 1 aliphatic rings. The van der Waals surface area contributed by atoms with Gasteiger partial charge in [0, 0.05) is 36.7 Å². The Hall–Kier alpha value is -3.50. The number of thiazole rings is 1. The van der Waals surface area contributed by atoms with Crippen LogP contribution in [0.4, 0.5) is 5.69 Å². The number of benzene rings is 1. The van der Waals surface area contributed by atoms with Gasteiger partial charge in [-0.15, -0.1) is 11.3 Å². The molecule has 0 unspecified atom stereocenters. The maximum atomic E-state index is 12.6. The Morgan fingerprint density at radius 1 is 1.06 bits per heavy atom. The SMILES string of the molecule is Cc1cccc(C)c1NC(=O)CN1CCN(C(=O)COC(=O)c2nc(-c3ccco3)sc2C)CC1. The van der Waals surface area contributed by atoms with E-state index in [1.165, 1.54) is 11.3 Å². The van der Waals surface area contributed by atoms with E-state index < -0.39 is 5.97 Å². The number of anilines is 1. The lowest BCUT2D eigenvalue weighted by Gasteiger charge is -2.34. The lowest BCUT2D eigenvalue weighted by molar-refractivity contribution is -0.136. The fourth-order valence-electron chi connectivity index (χ4n) is 3.93. The Labute approximate surface area is 207 Å². The van der Waals surface area contributed by atoms with Gasteiger partial charge in [0.25, 0.3) is 5.91 Å². The Morgan fingerprint density at radius 2 is 1.77 bits per heavy atom. The normalized spacial score (nSPS) is 14.1. The highest BCUT2D eigenvalue weighted by molar-refractivity contribution is 7.15. The van der Waals surface area contributed by atoms with Gasteiger partial charge in [0.2, 0.25) is 5.91 Å². The van der Waals surface area contributed by atoms with Crippen molar-refractivity contribution in [1.82, 2.24) is 14.8 Å². The quantitative estimate of drug-likeness (QED) is 0.501. The molecule has 3 aromatic rings. The molecule has 184 valence electrons. The Morgan fingerprint density at radius 3 is 2.43 bits per heavy atom. The van der Waals surface area contributed by atoms with Gasteiger partial charge >= 0.3 is 5.97 Å². The van der Waals surface area contributed by atoms with Gasteiger partial charge in [0.05, 0.1) is 12.8 Å². The number of aromatic nitrogens is 1. The van der Waals surface area contributed by atoms with Gasteiger partial charge in [-0.25, -0.2) is 9.78 Å². The van der Waals surface area contributed by atoms with Crippen LogP contribution in [0.5, 0.6) is 0 Å². The van der Waals surface area contributed by atoms with E-state index in [2.05, 4.69) is 10.3 Å². The molecule has 2 aromatic heterocycles. The summed E-state index contributed by atoms with van der Waals surface area (Å²) in [6.45, 7) is 7.68. The number of ether oxygens (including phenoxy) is 1. The maximum Gasteiger partial charge on any atom is 0.358 e. The zero-order valence-electron chi connectivity index (χ0n) is 20.0. The summed E-state index contributed by atoms with van der Waals surface area (Å²) in [6.07, 6.45) is 1.54. The molecule has 0 aliphatic carbocycles. The highest BCUT2D eigenvalue weighted by Gasteiger charge is 2.25. The number of aryl methyl sites for hydroxylation is 3. The summed E-state index contributed by atoms with van der Waals surface area (Å²) < 4.78 is 10.6. The van der Waals surface area contributed by atoms with E-state index in [0.717, 1.165) is 16.8 Å². The highest BCUT2D eigenvalue weighted by Crippen LogP contribution is 2.28. The predicted octanol–water partition coefficient (Wildman–Crippen LogP) is 3.27. The third-order valence-corrected chi connectivity index (χ3v) is 6.87. The molecule has 35 heavy (non-hydrogen) atoms. The number of furan rings is 1. The van der Waals surface area contributed by atoms with Crippen molar-refractivity contribution in [1.29, 1.82) is 0 Å². The van der Waals surface area contributed by atoms with Gasteiger partial charge in [-0.3, -0.25) is 14.5 Å². The van der Waals surface area contributed by atoms with Crippen LogP contribution in [0.25, 0.3) is 10.8 Å². The number of hydrogen-bond acceptors (Lipinski definition) is 8. The maximum absolute atomic E-state index is 12.6. The molecule has 1 fully saturated rings. The molecular formula is C25H28N4O5S. The monoisotopic (exact) mass is 496 g/mol. The van der Waals surface area contributed by atoms with Crippen molar-refractivity contribution in [3.05, 3.63) is 58.3 Å². The number of carbonyl (C=O) groups excluding carboxylic acids is 3. The molecule has 4 rings (SSSR count). The molecule has 1 N–H and O–H groups in total. The largest absolute Gasteiger partial charge is 0.462 e. The number of para-hydroxylation sites is 1. The smallest absolute Gasteiger partial charge is 0.358 e. The van der Waals surface area contributed by atoms with E-state index >= 15 is 0 Å². The van der Waals surface area contributed by atoms with E-state index in [4.69, 9.17) is 9.15 Å². The molecule has 1 aromatic carbocycles. The predicted molar refractivity (Wildman–Crippen MR) is 132 cm³/mol. The molecule has 2 amide bonds. The topological polar surface area (TPSA) is 105 Å². The van der Waals surface area contributed by atoms with E-state index in [1.54, 1.807) is 30.2 Å². The van der Waals surface area contributed by atoms with Crippen molar-refractivity contribution < 1.29 is 23.5 Å². The fraction of sp³-hybridized carbons (Fsp3) is 0.360. The minimum Gasteiger partial charge on any atom is -0.462 e. The Kier molecular flexibility index (Phi) is 7.62. The van der Waals surface area contributed by atoms with E-state index in [1.807, 2.05) is 36.9 Å². The van der Waals surface area contributed by atoms with Crippen molar-refractivity contribution in [2.75, 3.05) is 44.6 Å². The molecule has 0 bridgehead atoms. The molecule has 0 atom stereocenters. The van der Waals surface area contributed by atoms with E-state index in [0.29, 0.717) is 41.8 Å². The van der Waals surface area contributed by atoms with Crippen LogP contribution in [0.3, 0.4) is 0 Å². The summed E-state index contributed by atoms with van der Waals surface area (Å²) in [5, 5.41) is 3.58. The van der Waals surface area contributed by atoms with Crippen molar-refractivity contribution in [3.8, 4) is 10.8 Å². The summed E-state index contributed by atoms with van der Waals surface area (Å²) in [5.74, 6) is -0.402. The number of hydrogen-bond donors (Lipinski definition) is 1. The summed E-state index contributed by atoms with van der Waals surface area (Å²) in [6, 6.07) is 9.41. The van der Waals surface area contributed by atoms with Crippen molar-refractivity contribution in [2.24, 2.45) is 0 Å². The Bertz CT molecular complexity index is 1190. The minimum absolute atomic E-state index is 0.0799. The summed E-state index contributed by atoms with van der Waals surface area (Å²) >= 11 is 1.33. The van der Waals surface area contributed by atoms with Gasteiger partial charge in [-0.05, 0) is 44.0 Å². The lowest BCUT2D eigenvalue weighted by atomic mass is 10.1. The minimum atomic E-state index is -0.633. The van der Waals surface area contributed by atoms with Crippen LogP contribution < -0.4 is 5.32 Å². The first-order valence-corrected chi connectivity index (χ1v) is 12.2. The molecular weight excluding hydrogens is 468 g/mol. The number of esters is 1. The molecule has 1 aliphatic heterocycles. The highest BCUT2D eigenvalue weighted by atomic mass is 32.1. The average Bonchev–Trinajstić information content (AvgIpc) is 3.50. The number of nitrogens with zero attached hydrogens (tertiary/aromatic N) is 3. The standard InChI is InChI=1S/C25H28N4O5S/c1-16-6-4-7-17(2)22(16)26-20(30)14-28-9-11-29(12-10-28)21(31)15-34-25(32)23-18(3)35-24(27-23)19-8-5-13-33-19/h4-8,13H,9-12,14-15H2,1-3H3,(H,26,30). The second-order valence-corrected chi connectivity index (χ2v) is 9.65. The third-order valence-electron chi connectivity index (χ3n) is 5.89. The molecule has 0 spiro atoms. The zero-order chi connectivity index (χ0) is 24.9. The van der Waals surface area contributed by atoms with Crippen LogP contribution in [0.15, 0.2) is 41.0 Å². The summed E-state index contributed by atoms with van der Waals surface area (Å²) in [5.41, 5.74) is 3.08. The second kappa shape index (κ2) is 10.8. The number of carbonyl (C=O) groups is 3. The molecule has 9 nitrogen and oxygen atoms in total. The summed E-state index contributed by atoms with van der Waals surface area (Å²) in [4.78, 5) is 46.2. The summed E-state index contributed by atoms with van der Waals surface area (Å²) in [7, 11) is 0. The molecule has 1 saturated heterocycles. The van der Waals surface area contributed by atoms with Gasteiger partial charge in [0.1, 0.15) is 0 Å². The number of rotatable bonds is 7. The van der Waals surface area contributed by atoms with Crippen molar-refractivity contribution in [3.63, 3.8) is 0 Å². The van der Waals surface area contributed by atoms with Crippen molar-refractivity contribution in [2.45, 2.75) is 20.8 Å². The molecule has 0 radical (unpaired) electrons. The van der Waals surface area contributed by atoms with Gasteiger partial charge < -0.3 is 19.4 Å².